The van der Waals surface area contributed by atoms with Crippen molar-refractivity contribution in [2.24, 2.45) is 17.1 Å². The highest BCUT2D eigenvalue weighted by Gasteiger charge is 2.27. The van der Waals surface area contributed by atoms with Crippen LogP contribution in [-0.2, 0) is 4.74 Å². The molecule has 3 heteroatoms. The molecule has 2 unspecified atom stereocenters. The molecule has 2 atom stereocenters. The van der Waals surface area contributed by atoms with Crippen molar-refractivity contribution in [3.63, 3.8) is 0 Å². The molecule has 0 spiro atoms. The van der Waals surface area contributed by atoms with Crippen molar-refractivity contribution in [1.82, 2.24) is 5.32 Å². The lowest BCUT2D eigenvalue weighted by atomic mass is 9.82. The molecule has 0 bridgehead atoms. The van der Waals surface area contributed by atoms with Crippen LogP contribution >= 0.6 is 0 Å². The number of hydrogen-bond donors (Lipinski definition) is 2. The largest absolute Gasteiger partial charge is 0.381 e. The van der Waals surface area contributed by atoms with Crippen molar-refractivity contribution in [3.8, 4) is 0 Å². The van der Waals surface area contributed by atoms with Gasteiger partial charge < -0.3 is 15.8 Å². The number of ether oxygens (including phenoxy) is 1. The third kappa shape index (κ3) is 4.22. The minimum atomic E-state index is 0.419. The third-order valence-electron chi connectivity index (χ3n) is 4.88. The highest BCUT2D eigenvalue weighted by atomic mass is 16.5. The molecule has 2 aliphatic rings. The Bertz CT molecular complexity index is 239. The number of nitrogens with one attached hydrogen (secondary N) is 1. The highest BCUT2D eigenvalue weighted by Crippen LogP contribution is 2.29. The molecule has 3 nitrogen and oxygen atoms in total. The maximum atomic E-state index is 6.27. The van der Waals surface area contributed by atoms with Crippen LogP contribution < -0.4 is 11.1 Å². The van der Waals surface area contributed by atoms with Crippen LogP contribution in [0.4, 0.5) is 0 Å². The van der Waals surface area contributed by atoms with Gasteiger partial charge in [-0.25, -0.2) is 0 Å². The van der Waals surface area contributed by atoms with Gasteiger partial charge >= 0.3 is 0 Å². The zero-order valence-corrected chi connectivity index (χ0v) is 11.9. The fourth-order valence-corrected chi connectivity index (χ4v) is 3.27. The first-order valence-electron chi connectivity index (χ1n) is 7.74. The second kappa shape index (κ2) is 6.88. The summed E-state index contributed by atoms with van der Waals surface area (Å²) in [6, 6.07) is 0.419. The van der Waals surface area contributed by atoms with E-state index in [1.54, 1.807) is 0 Å². The molecule has 106 valence electrons. The van der Waals surface area contributed by atoms with E-state index in [-0.39, 0.29) is 0 Å². The van der Waals surface area contributed by atoms with Gasteiger partial charge in [0.1, 0.15) is 0 Å². The van der Waals surface area contributed by atoms with Crippen molar-refractivity contribution < 1.29 is 4.74 Å². The lowest BCUT2D eigenvalue weighted by Gasteiger charge is -2.34. The molecular formula is C15H30N2O. The SMILES string of the molecule is CC1(CNCC2CCCCCC2N)CCOCC1. The number of rotatable bonds is 4. The van der Waals surface area contributed by atoms with Crippen molar-refractivity contribution in [2.75, 3.05) is 26.3 Å². The van der Waals surface area contributed by atoms with Gasteiger partial charge in [0.15, 0.2) is 0 Å². The molecular weight excluding hydrogens is 224 g/mol. The van der Waals surface area contributed by atoms with Gasteiger partial charge in [0.05, 0.1) is 0 Å². The normalized spacial score (nSPS) is 33.0. The maximum absolute atomic E-state index is 6.27. The summed E-state index contributed by atoms with van der Waals surface area (Å²) in [5, 5.41) is 3.69. The zero-order valence-electron chi connectivity index (χ0n) is 11.9. The second-order valence-corrected chi connectivity index (χ2v) is 6.62. The fourth-order valence-electron chi connectivity index (χ4n) is 3.27. The minimum Gasteiger partial charge on any atom is -0.381 e. The lowest BCUT2D eigenvalue weighted by molar-refractivity contribution is 0.0236. The average Bonchev–Trinajstić information content (AvgIpc) is 2.56. The first kappa shape index (κ1) is 14.3. The Morgan fingerprint density at radius 1 is 1.17 bits per heavy atom. The summed E-state index contributed by atoms with van der Waals surface area (Å²) in [6.07, 6.45) is 8.98. The van der Waals surface area contributed by atoms with Crippen LogP contribution in [0.1, 0.15) is 51.9 Å². The van der Waals surface area contributed by atoms with Gasteiger partial charge in [0.2, 0.25) is 0 Å². The third-order valence-corrected chi connectivity index (χ3v) is 4.88. The van der Waals surface area contributed by atoms with Gasteiger partial charge in [-0.3, -0.25) is 0 Å². The molecule has 3 N–H and O–H groups in total. The highest BCUT2D eigenvalue weighted by molar-refractivity contribution is 4.82. The molecule has 0 aromatic heterocycles. The van der Waals surface area contributed by atoms with Gasteiger partial charge in [-0.05, 0) is 43.6 Å². The monoisotopic (exact) mass is 254 g/mol. The van der Waals surface area contributed by atoms with Crippen LogP contribution in [0.5, 0.6) is 0 Å². The zero-order chi connectivity index (χ0) is 12.8. The Hall–Kier alpha value is -0.120. The lowest BCUT2D eigenvalue weighted by Crippen LogP contribution is -2.42. The van der Waals surface area contributed by atoms with Gasteiger partial charge in [0, 0.05) is 25.8 Å². The van der Waals surface area contributed by atoms with E-state index in [2.05, 4.69) is 12.2 Å². The molecule has 1 aliphatic heterocycles. The van der Waals surface area contributed by atoms with Crippen molar-refractivity contribution >= 4 is 0 Å². The Morgan fingerprint density at radius 3 is 2.67 bits per heavy atom. The van der Waals surface area contributed by atoms with E-state index in [1.807, 2.05) is 0 Å². The van der Waals surface area contributed by atoms with Crippen LogP contribution in [0, 0.1) is 11.3 Å². The summed E-state index contributed by atoms with van der Waals surface area (Å²) in [5.74, 6) is 0.691. The van der Waals surface area contributed by atoms with Gasteiger partial charge in [-0.1, -0.05) is 26.2 Å². The molecule has 1 heterocycles. The van der Waals surface area contributed by atoms with Gasteiger partial charge in [-0.15, -0.1) is 0 Å². The molecule has 0 aromatic carbocycles. The van der Waals surface area contributed by atoms with Crippen molar-refractivity contribution in [3.05, 3.63) is 0 Å². The summed E-state index contributed by atoms with van der Waals surface area (Å²) in [6.45, 7) is 6.48. The molecule has 1 saturated heterocycles. The Kier molecular flexibility index (Phi) is 5.46. The van der Waals surface area contributed by atoms with E-state index in [4.69, 9.17) is 10.5 Å². The summed E-state index contributed by atoms with van der Waals surface area (Å²) in [7, 11) is 0. The fraction of sp³-hybridized carbons (Fsp3) is 1.00. The summed E-state index contributed by atoms with van der Waals surface area (Å²) in [5.41, 5.74) is 6.71. The standard InChI is InChI=1S/C15H30N2O/c1-15(7-9-18-10-8-15)12-17-11-13-5-3-2-4-6-14(13)16/h13-14,17H,2-12,16H2,1H3. The number of hydrogen-bond acceptors (Lipinski definition) is 3. The van der Waals surface area contributed by atoms with Crippen molar-refractivity contribution in [2.45, 2.75) is 57.9 Å². The Morgan fingerprint density at radius 2 is 1.89 bits per heavy atom. The van der Waals surface area contributed by atoms with Gasteiger partial charge in [0.25, 0.3) is 0 Å². The first-order chi connectivity index (χ1) is 8.70. The van der Waals surface area contributed by atoms with Crippen LogP contribution in [0.2, 0.25) is 0 Å². The predicted molar refractivity (Wildman–Crippen MR) is 75.6 cm³/mol. The second-order valence-electron chi connectivity index (χ2n) is 6.62. The smallest absolute Gasteiger partial charge is 0.0471 e. The van der Waals surface area contributed by atoms with E-state index in [1.165, 1.54) is 44.9 Å². The summed E-state index contributed by atoms with van der Waals surface area (Å²) in [4.78, 5) is 0. The Balaban J connectivity index is 1.70. The molecule has 0 amide bonds. The quantitative estimate of drug-likeness (QED) is 0.757. The van der Waals surface area contributed by atoms with Crippen LogP contribution in [0.15, 0.2) is 0 Å². The van der Waals surface area contributed by atoms with Crippen LogP contribution in [0.3, 0.4) is 0 Å². The molecule has 2 rings (SSSR count). The molecule has 2 fully saturated rings. The van der Waals surface area contributed by atoms with E-state index in [9.17, 15) is 0 Å². The maximum Gasteiger partial charge on any atom is 0.0471 e. The molecule has 0 radical (unpaired) electrons. The van der Waals surface area contributed by atoms with E-state index in [0.29, 0.717) is 17.4 Å². The Labute approximate surface area is 112 Å². The van der Waals surface area contributed by atoms with E-state index in [0.717, 1.165) is 26.3 Å². The molecule has 0 aromatic rings. The average molecular weight is 254 g/mol. The first-order valence-corrected chi connectivity index (χ1v) is 7.74. The predicted octanol–water partition coefficient (Wildman–Crippen LogP) is 2.30. The minimum absolute atomic E-state index is 0.419. The van der Waals surface area contributed by atoms with Gasteiger partial charge in [-0.2, -0.15) is 0 Å². The summed E-state index contributed by atoms with van der Waals surface area (Å²) >= 11 is 0. The molecule has 1 aliphatic carbocycles. The molecule has 1 saturated carbocycles. The molecule has 18 heavy (non-hydrogen) atoms. The topological polar surface area (TPSA) is 47.3 Å². The van der Waals surface area contributed by atoms with Crippen molar-refractivity contribution in [1.29, 1.82) is 0 Å². The van der Waals surface area contributed by atoms with E-state index >= 15 is 0 Å². The van der Waals surface area contributed by atoms with Crippen LogP contribution in [-0.4, -0.2) is 32.3 Å². The summed E-state index contributed by atoms with van der Waals surface area (Å²) < 4.78 is 5.45. The van der Waals surface area contributed by atoms with Crippen LogP contribution in [0.25, 0.3) is 0 Å². The van der Waals surface area contributed by atoms with E-state index < -0.39 is 0 Å². The number of nitrogens with two attached hydrogens (primary N) is 1.